The number of nitrogens with one attached hydrogen (secondary N) is 2. The van der Waals surface area contributed by atoms with E-state index in [1.807, 2.05) is 0 Å². The Morgan fingerprint density at radius 3 is 2.87 bits per heavy atom. The largest absolute Gasteiger partial charge is 0.455 e. The van der Waals surface area contributed by atoms with E-state index in [2.05, 4.69) is 15.6 Å². The minimum atomic E-state index is -0.486. The number of aliphatic hydroxyl groups is 1. The molecule has 23 heavy (non-hydrogen) atoms. The smallest absolute Gasteiger partial charge is 0.340 e. The lowest BCUT2D eigenvalue weighted by Gasteiger charge is -2.10. The highest BCUT2D eigenvalue weighted by Crippen LogP contribution is 2.19. The van der Waals surface area contributed by atoms with Gasteiger partial charge in [-0.3, -0.25) is 4.79 Å². The molecule has 0 aliphatic carbocycles. The molecule has 1 heterocycles. The van der Waals surface area contributed by atoms with Crippen LogP contribution in [0.1, 0.15) is 23.0 Å². The number of thiazole rings is 1. The summed E-state index contributed by atoms with van der Waals surface area (Å²) in [6.45, 7) is 1.73. The van der Waals surface area contributed by atoms with E-state index >= 15 is 0 Å². The van der Waals surface area contributed by atoms with Gasteiger partial charge in [0.2, 0.25) is 5.91 Å². The third-order valence-corrected chi connectivity index (χ3v) is 3.57. The van der Waals surface area contributed by atoms with Gasteiger partial charge in [0.1, 0.15) is 6.61 Å². The lowest BCUT2D eigenvalue weighted by atomic mass is 10.2. The second-order valence-electron chi connectivity index (χ2n) is 4.60. The molecule has 0 fully saturated rings. The third kappa shape index (κ3) is 5.04. The molecule has 0 atom stereocenters. The van der Waals surface area contributed by atoms with Crippen LogP contribution in [0.2, 0.25) is 0 Å². The summed E-state index contributed by atoms with van der Waals surface area (Å²) in [5, 5.41) is 16.6. The third-order valence-electron chi connectivity index (χ3n) is 2.76. The van der Waals surface area contributed by atoms with Crippen molar-refractivity contribution in [3.8, 4) is 0 Å². The molecule has 0 aliphatic heterocycles. The Labute approximate surface area is 137 Å². The molecule has 122 valence electrons. The molecule has 2 aromatic rings. The molecule has 0 radical (unpaired) electrons. The van der Waals surface area contributed by atoms with Crippen molar-refractivity contribution in [2.75, 3.05) is 23.8 Å². The maximum atomic E-state index is 12.2. The van der Waals surface area contributed by atoms with Gasteiger partial charge < -0.3 is 20.5 Å². The van der Waals surface area contributed by atoms with Crippen molar-refractivity contribution in [3.63, 3.8) is 0 Å². The summed E-state index contributed by atoms with van der Waals surface area (Å²) in [5.41, 5.74) is 1.55. The van der Waals surface area contributed by atoms with Gasteiger partial charge in [-0.05, 0) is 12.1 Å². The highest BCUT2D eigenvalue weighted by molar-refractivity contribution is 7.13. The predicted octanol–water partition coefficient (Wildman–Crippen LogP) is 1.86. The van der Waals surface area contributed by atoms with Crippen LogP contribution in [0.3, 0.4) is 0 Å². The van der Waals surface area contributed by atoms with E-state index in [1.54, 1.807) is 29.6 Å². The summed E-state index contributed by atoms with van der Waals surface area (Å²) < 4.78 is 5.24. The maximum Gasteiger partial charge on any atom is 0.340 e. The molecule has 0 saturated carbocycles. The van der Waals surface area contributed by atoms with Crippen LogP contribution in [0.4, 0.5) is 10.8 Å². The zero-order chi connectivity index (χ0) is 16.7. The van der Waals surface area contributed by atoms with Crippen molar-refractivity contribution in [1.82, 2.24) is 4.98 Å². The molecule has 0 spiro atoms. The lowest BCUT2D eigenvalue weighted by Crippen LogP contribution is -2.12. The molecular weight excluding hydrogens is 318 g/mol. The lowest BCUT2D eigenvalue weighted by molar-refractivity contribution is -0.114. The fraction of sp³-hybridized carbons (Fsp3) is 0.267. The first-order chi connectivity index (χ1) is 11.1. The van der Waals surface area contributed by atoms with Crippen LogP contribution in [0.15, 0.2) is 29.6 Å². The van der Waals surface area contributed by atoms with Gasteiger partial charge in [0, 0.05) is 24.5 Å². The van der Waals surface area contributed by atoms with E-state index in [-0.39, 0.29) is 19.1 Å². The van der Waals surface area contributed by atoms with Crippen molar-refractivity contribution in [3.05, 3.63) is 40.9 Å². The minimum Gasteiger partial charge on any atom is -0.455 e. The van der Waals surface area contributed by atoms with Crippen LogP contribution in [-0.4, -0.2) is 35.1 Å². The Morgan fingerprint density at radius 2 is 2.13 bits per heavy atom. The number of nitrogens with zero attached hydrogens (tertiary/aromatic N) is 1. The molecular formula is C15H17N3O4S. The van der Waals surface area contributed by atoms with Crippen LogP contribution in [0.5, 0.6) is 0 Å². The number of ether oxygens (including phenoxy) is 1. The van der Waals surface area contributed by atoms with Gasteiger partial charge in [0.25, 0.3) is 0 Å². The Balaban J connectivity index is 1.97. The molecule has 1 aromatic heterocycles. The van der Waals surface area contributed by atoms with Gasteiger partial charge in [0.05, 0.1) is 17.9 Å². The molecule has 3 N–H and O–H groups in total. The minimum absolute atomic E-state index is 0.0171. The van der Waals surface area contributed by atoms with E-state index < -0.39 is 5.97 Å². The van der Waals surface area contributed by atoms with E-state index in [0.29, 0.717) is 28.6 Å². The van der Waals surface area contributed by atoms with Crippen LogP contribution in [-0.2, 0) is 16.1 Å². The molecule has 0 saturated heterocycles. The number of para-hydroxylation sites is 1. The number of amides is 1. The molecule has 0 aliphatic rings. The summed E-state index contributed by atoms with van der Waals surface area (Å²) in [4.78, 5) is 27.3. The van der Waals surface area contributed by atoms with Gasteiger partial charge in [-0.15, -0.1) is 11.3 Å². The Kier molecular flexibility index (Phi) is 6.07. The van der Waals surface area contributed by atoms with E-state index in [1.165, 1.54) is 18.3 Å². The van der Waals surface area contributed by atoms with Crippen molar-refractivity contribution in [2.45, 2.75) is 13.5 Å². The van der Waals surface area contributed by atoms with Gasteiger partial charge in [0.15, 0.2) is 5.13 Å². The molecule has 2 rings (SSSR count). The highest BCUT2D eigenvalue weighted by Gasteiger charge is 2.13. The van der Waals surface area contributed by atoms with Gasteiger partial charge in [-0.25, -0.2) is 9.78 Å². The number of carbonyl (C=O) groups is 2. The predicted molar refractivity (Wildman–Crippen MR) is 87.6 cm³/mol. The van der Waals surface area contributed by atoms with Crippen LogP contribution < -0.4 is 10.6 Å². The fourth-order valence-corrected chi connectivity index (χ4v) is 2.55. The molecule has 1 aromatic carbocycles. The van der Waals surface area contributed by atoms with Crippen molar-refractivity contribution in [1.29, 1.82) is 0 Å². The first-order valence-corrected chi connectivity index (χ1v) is 7.81. The molecule has 0 unspecified atom stereocenters. The number of hydrogen-bond acceptors (Lipinski definition) is 7. The molecule has 7 nitrogen and oxygen atoms in total. The highest BCUT2D eigenvalue weighted by atomic mass is 32.1. The molecule has 0 bridgehead atoms. The SMILES string of the molecule is CC(=O)Nc1nc(COC(=O)c2ccccc2NCCO)cs1. The van der Waals surface area contributed by atoms with E-state index in [9.17, 15) is 9.59 Å². The number of hydrogen-bond donors (Lipinski definition) is 3. The Hall–Kier alpha value is -2.45. The standard InChI is InChI=1S/C15H17N3O4S/c1-10(20)17-15-18-11(9-23-15)8-22-14(21)12-4-2-3-5-13(12)16-6-7-19/h2-5,9,16,19H,6-8H2,1H3,(H,17,18,20). The number of aromatic nitrogens is 1. The summed E-state index contributed by atoms with van der Waals surface area (Å²) >= 11 is 1.27. The first-order valence-electron chi connectivity index (χ1n) is 6.93. The number of benzene rings is 1. The zero-order valence-corrected chi connectivity index (χ0v) is 13.4. The van der Waals surface area contributed by atoms with Crippen molar-refractivity contribution < 1.29 is 19.4 Å². The number of carbonyl (C=O) groups excluding carboxylic acids is 2. The average Bonchev–Trinajstić information content (AvgIpc) is 2.97. The van der Waals surface area contributed by atoms with Crippen LogP contribution in [0.25, 0.3) is 0 Å². The number of anilines is 2. The number of aliphatic hydroxyl groups excluding tert-OH is 1. The monoisotopic (exact) mass is 335 g/mol. The summed E-state index contributed by atoms with van der Waals surface area (Å²) in [6, 6.07) is 6.91. The van der Waals surface area contributed by atoms with Gasteiger partial charge in [-0.2, -0.15) is 0 Å². The van der Waals surface area contributed by atoms with Crippen LogP contribution in [0, 0.1) is 0 Å². The Morgan fingerprint density at radius 1 is 1.35 bits per heavy atom. The Bertz CT molecular complexity index is 687. The fourth-order valence-electron chi connectivity index (χ4n) is 1.80. The first kappa shape index (κ1) is 16.9. The maximum absolute atomic E-state index is 12.2. The van der Waals surface area contributed by atoms with E-state index in [4.69, 9.17) is 9.84 Å². The quantitative estimate of drug-likeness (QED) is 0.668. The van der Waals surface area contributed by atoms with Crippen LogP contribution >= 0.6 is 11.3 Å². The van der Waals surface area contributed by atoms with Gasteiger partial charge in [-0.1, -0.05) is 12.1 Å². The van der Waals surface area contributed by atoms with Crippen molar-refractivity contribution >= 4 is 34.0 Å². The van der Waals surface area contributed by atoms with Gasteiger partial charge >= 0.3 is 5.97 Å². The second-order valence-corrected chi connectivity index (χ2v) is 5.46. The zero-order valence-electron chi connectivity index (χ0n) is 12.5. The topological polar surface area (TPSA) is 101 Å². The normalized spacial score (nSPS) is 10.2. The number of esters is 1. The summed E-state index contributed by atoms with van der Waals surface area (Å²) in [7, 11) is 0. The average molecular weight is 335 g/mol. The van der Waals surface area contributed by atoms with E-state index in [0.717, 1.165) is 0 Å². The molecule has 1 amide bonds. The summed E-state index contributed by atoms with van der Waals surface area (Å²) in [6.07, 6.45) is 0. The molecule has 8 heteroatoms. The second kappa shape index (κ2) is 8.25. The number of rotatable bonds is 7. The van der Waals surface area contributed by atoms with Crippen molar-refractivity contribution in [2.24, 2.45) is 0 Å². The summed E-state index contributed by atoms with van der Waals surface area (Å²) in [5.74, 6) is -0.688.